The van der Waals surface area contributed by atoms with Crippen molar-refractivity contribution in [3.8, 4) is 0 Å². The number of amides is 2. The minimum absolute atomic E-state index is 0.0165. The molecule has 1 fully saturated rings. The van der Waals surface area contributed by atoms with Gasteiger partial charge in [-0.25, -0.2) is 20.4 Å². The summed E-state index contributed by atoms with van der Waals surface area (Å²) in [6.45, 7) is 3.66. The molecular formula is C28H31N5O8. The summed E-state index contributed by atoms with van der Waals surface area (Å²) in [5.41, 5.74) is 0.305. The number of benzene rings is 2. The lowest BCUT2D eigenvalue weighted by Crippen LogP contribution is -2.50. The Hall–Kier alpha value is -4.43. The average molecular weight is 566 g/mol. The molecule has 0 aliphatic carbocycles. The number of carbonyl (C=O) groups is 3. The lowest BCUT2D eigenvalue weighted by molar-refractivity contribution is -0.151. The molecule has 1 saturated heterocycles. The first kappa shape index (κ1) is 29.6. The predicted octanol–water partition coefficient (Wildman–Crippen LogP) is 0.664. The van der Waals surface area contributed by atoms with E-state index >= 15 is 0 Å². The van der Waals surface area contributed by atoms with Crippen LogP contribution < -0.4 is 16.4 Å². The number of carbonyl (C=O) groups excluding carboxylic acids is 2. The Bertz CT molecular complexity index is 1510. The number of aromatic amines is 1. The summed E-state index contributed by atoms with van der Waals surface area (Å²) < 4.78 is 5.59. The van der Waals surface area contributed by atoms with Crippen LogP contribution in [0.5, 0.6) is 0 Å². The van der Waals surface area contributed by atoms with Gasteiger partial charge in [0.15, 0.2) is 12.5 Å². The van der Waals surface area contributed by atoms with Crippen LogP contribution in [0.4, 0.5) is 5.82 Å². The monoisotopic (exact) mass is 565 g/mol. The van der Waals surface area contributed by atoms with Gasteiger partial charge in [-0.3, -0.25) is 24.5 Å². The zero-order chi connectivity index (χ0) is 29.7. The van der Waals surface area contributed by atoms with Gasteiger partial charge < -0.3 is 20.1 Å². The fourth-order valence-electron chi connectivity index (χ4n) is 4.71. The molecule has 2 heterocycles. The lowest BCUT2D eigenvalue weighted by atomic mass is 10.0. The number of nitrogens with two attached hydrogens (primary N) is 1. The van der Waals surface area contributed by atoms with Crippen LogP contribution in [0.1, 0.15) is 24.8 Å². The highest BCUT2D eigenvalue weighted by molar-refractivity contribution is 5.94. The SMILES string of the molecule is C=C1C(N(C(=O)CC[C@@H](C(=O)O)N(N)C(=O)CCc2ccc3ccccc3c2)c2ccnc(=O)[nH]2)OC[C@H]1C(O)O. The van der Waals surface area contributed by atoms with E-state index in [1.54, 1.807) is 0 Å². The van der Waals surface area contributed by atoms with E-state index in [-0.39, 0.29) is 30.8 Å². The molecule has 0 bridgehead atoms. The van der Waals surface area contributed by atoms with Crippen molar-refractivity contribution in [3.05, 3.63) is 82.9 Å². The average Bonchev–Trinajstić information content (AvgIpc) is 3.32. The number of rotatable bonds is 11. The number of carboxylic acids is 1. The largest absolute Gasteiger partial charge is 0.480 e. The zero-order valence-electron chi connectivity index (χ0n) is 22.1. The number of anilines is 1. The molecule has 6 N–H and O–H groups in total. The van der Waals surface area contributed by atoms with Crippen molar-refractivity contribution in [3.63, 3.8) is 0 Å². The van der Waals surface area contributed by atoms with Crippen LogP contribution in [-0.4, -0.2) is 73.2 Å². The first-order chi connectivity index (χ1) is 19.6. The molecule has 1 unspecified atom stereocenters. The van der Waals surface area contributed by atoms with Gasteiger partial charge in [0.25, 0.3) is 0 Å². The third-order valence-corrected chi connectivity index (χ3v) is 6.99. The fraction of sp³-hybridized carbons (Fsp3) is 0.321. The number of aromatic nitrogens is 2. The van der Waals surface area contributed by atoms with Crippen molar-refractivity contribution in [2.75, 3.05) is 11.5 Å². The van der Waals surface area contributed by atoms with Crippen LogP contribution in [0.15, 0.2) is 71.7 Å². The van der Waals surface area contributed by atoms with Gasteiger partial charge in [-0.15, -0.1) is 0 Å². The first-order valence-electron chi connectivity index (χ1n) is 12.9. The van der Waals surface area contributed by atoms with Gasteiger partial charge in [0.2, 0.25) is 11.8 Å². The second-order valence-corrected chi connectivity index (χ2v) is 9.68. The fourth-order valence-corrected chi connectivity index (χ4v) is 4.71. The van der Waals surface area contributed by atoms with Crippen molar-refractivity contribution in [1.29, 1.82) is 0 Å². The van der Waals surface area contributed by atoms with E-state index in [1.165, 1.54) is 12.3 Å². The molecule has 216 valence electrons. The van der Waals surface area contributed by atoms with E-state index in [0.717, 1.165) is 21.2 Å². The van der Waals surface area contributed by atoms with Gasteiger partial charge in [0, 0.05) is 19.0 Å². The number of aryl methyl sites for hydroxylation is 1. The van der Waals surface area contributed by atoms with Crippen molar-refractivity contribution in [2.24, 2.45) is 11.8 Å². The molecule has 4 rings (SSSR count). The summed E-state index contributed by atoms with van der Waals surface area (Å²) in [6.07, 6.45) is -2.25. The molecule has 0 spiro atoms. The van der Waals surface area contributed by atoms with E-state index in [4.69, 9.17) is 10.6 Å². The molecule has 1 aliphatic rings. The van der Waals surface area contributed by atoms with Crippen molar-refractivity contribution in [2.45, 2.75) is 44.2 Å². The molecule has 0 saturated carbocycles. The van der Waals surface area contributed by atoms with Crippen molar-refractivity contribution in [1.82, 2.24) is 15.0 Å². The topological polar surface area (TPSA) is 199 Å². The molecular weight excluding hydrogens is 534 g/mol. The Morgan fingerprint density at radius 3 is 2.49 bits per heavy atom. The van der Waals surface area contributed by atoms with Gasteiger partial charge in [-0.2, -0.15) is 0 Å². The summed E-state index contributed by atoms with van der Waals surface area (Å²) in [7, 11) is 0. The predicted molar refractivity (Wildman–Crippen MR) is 147 cm³/mol. The van der Waals surface area contributed by atoms with Crippen LogP contribution in [0.3, 0.4) is 0 Å². The second-order valence-electron chi connectivity index (χ2n) is 9.68. The molecule has 2 aromatic carbocycles. The van der Waals surface area contributed by atoms with E-state index in [0.29, 0.717) is 11.4 Å². The summed E-state index contributed by atoms with van der Waals surface area (Å²) in [4.78, 5) is 57.1. The smallest absolute Gasteiger partial charge is 0.346 e. The summed E-state index contributed by atoms with van der Waals surface area (Å²) in [5.74, 6) is 2.33. The van der Waals surface area contributed by atoms with Gasteiger partial charge in [0.05, 0.1) is 12.5 Å². The number of nitrogens with zero attached hydrogens (tertiary/aromatic N) is 3. The number of aliphatic carboxylic acids is 1. The second kappa shape index (κ2) is 12.8. The van der Waals surface area contributed by atoms with Gasteiger partial charge in [0.1, 0.15) is 11.9 Å². The molecule has 0 radical (unpaired) electrons. The molecule has 41 heavy (non-hydrogen) atoms. The number of H-pyrrole nitrogens is 1. The summed E-state index contributed by atoms with van der Waals surface area (Å²) in [6, 6.07) is 13.4. The number of hydrogen-bond donors (Lipinski definition) is 5. The van der Waals surface area contributed by atoms with E-state index in [9.17, 15) is 34.5 Å². The maximum atomic E-state index is 13.4. The third-order valence-electron chi connectivity index (χ3n) is 6.99. The first-order valence-corrected chi connectivity index (χ1v) is 12.9. The summed E-state index contributed by atoms with van der Waals surface area (Å²) in [5, 5.41) is 31.7. The van der Waals surface area contributed by atoms with Crippen LogP contribution in [0.2, 0.25) is 0 Å². The number of fused-ring (bicyclic) bond motifs is 1. The van der Waals surface area contributed by atoms with Crippen LogP contribution in [0, 0.1) is 5.92 Å². The Balaban J connectivity index is 1.44. The highest BCUT2D eigenvalue weighted by atomic mass is 16.5. The molecule has 13 heteroatoms. The molecule has 3 atom stereocenters. The molecule has 13 nitrogen and oxygen atoms in total. The maximum absolute atomic E-state index is 13.4. The lowest BCUT2D eigenvalue weighted by Gasteiger charge is -2.30. The zero-order valence-corrected chi connectivity index (χ0v) is 22.1. The quantitative estimate of drug-likeness (QED) is 0.0723. The van der Waals surface area contributed by atoms with E-state index in [1.807, 2.05) is 42.5 Å². The van der Waals surface area contributed by atoms with Gasteiger partial charge >= 0.3 is 11.7 Å². The number of nitrogens with one attached hydrogen (secondary N) is 1. The minimum atomic E-state index is -1.79. The normalized spacial score (nSPS) is 17.5. The highest BCUT2D eigenvalue weighted by Gasteiger charge is 2.40. The Morgan fingerprint density at radius 2 is 1.83 bits per heavy atom. The Kier molecular flexibility index (Phi) is 9.24. The van der Waals surface area contributed by atoms with Crippen molar-refractivity contribution < 1.29 is 34.4 Å². The number of aliphatic hydroxyl groups excluding tert-OH is 1. The minimum Gasteiger partial charge on any atom is -0.480 e. The number of carboxylic acid groups (broad SMARTS) is 1. The van der Waals surface area contributed by atoms with E-state index < -0.39 is 54.4 Å². The van der Waals surface area contributed by atoms with Crippen LogP contribution >= 0.6 is 0 Å². The molecule has 1 aromatic heterocycles. The number of hydrogen-bond acceptors (Lipinski definition) is 9. The van der Waals surface area contributed by atoms with Gasteiger partial charge in [-0.05, 0) is 40.8 Å². The number of ether oxygens (including phenoxy) is 1. The van der Waals surface area contributed by atoms with Crippen molar-refractivity contribution >= 4 is 34.4 Å². The number of aliphatic hydroxyl groups is 2. The number of hydrazine groups is 1. The van der Waals surface area contributed by atoms with Crippen LogP contribution in [0.25, 0.3) is 10.8 Å². The molecule has 2 amide bonds. The Labute approximate surface area is 234 Å². The third kappa shape index (κ3) is 6.84. The highest BCUT2D eigenvalue weighted by Crippen LogP contribution is 2.32. The van der Waals surface area contributed by atoms with Gasteiger partial charge in [-0.1, -0.05) is 49.0 Å². The molecule has 3 aromatic rings. The van der Waals surface area contributed by atoms with Crippen LogP contribution in [-0.2, 0) is 25.5 Å². The molecule has 1 aliphatic heterocycles. The van der Waals surface area contributed by atoms with E-state index in [2.05, 4.69) is 16.5 Å². The maximum Gasteiger partial charge on any atom is 0.346 e. The Morgan fingerprint density at radius 1 is 1.10 bits per heavy atom. The summed E-state index contributed by atoms with van der Waals surface area (Å²) >= 11 is 0. The standard InChI is InChI=1S/C28H31N5O8/c1-16-20(26(36)37)15-41-25(16)32(22-12-13-30-28(40)31-22)23(34)11-9-21(27(38)39)33(29)24(35)10-7-17-6-8-18-4-2-3-5-19(18)14-17/h2-6,8,12-14,20-21,25-26,36-37H,1,7,9-11,15,29H2,(H,38,39)(H,30,31,40)/t20-,21+,25?/m1/s1.